The molecule has 1 atom stereocenters. The van der Waals surface area contributed by atoms with Gasteiger partial charge in [0.2, 0.25) is 0 Å². The summed E-state index contributed by atoms with van der Waals surface area (Å²) in [5.74, 6) is 1.03. The highest BCUT2D eigenvalue weighted by Gasteiger charge is 2.29. The zero-order valence-corrected chi connectivity index (χ0v) is 20.4. The van der Waals surface area contributed by atoms with E-state index in [0.29, 0.717) is 31.3 Å². The van der Waals surface area contributed by atoms with Crippen molar-refractivity contribution in [2.75, 3.05) is 29.9 Å². The number of fused-ring (bicyclic) bond motifs is 1. The quantitative estimate of drug-likeness (QED) is 0.353. The first kappa shape index (κ1) is 23.5. The van der Waals surface area contributed by atoms with E-state index in [4.69, 9.17) is 4.98 Å². The second-order valence-corrected chi connectivity index (χ2v) is 9.31. The van der Waals surface area contributed by atoms with Crippen LogP contribution < -0.4 is 10.2 Å². The van der Waals surface area contributed by atoms with Crippen LogP contribution in [0.4, 0.5) is 26.4 Å². The number of nitrogens with one attached hydrogen (secondary N) is 2. The third kappa shape index (κ3) is 4.41. The van der Waals surface area contributed by atoms with E-state index >= 15 is 0 Å². The summed E-state index contributed by atoms with van der Waals surface area (Å²) in [7, 11) is 0. The van der Waals surface area contributed by atoms with Crippen molar-refractivity contribution in [3.05, 3.63) is 60.3 Å². The molecule has 1 aromatic carbocycles. The van der Waals surface area contributed by atoms with Gasteiger partial charge in [-0.1, -0.05) is 13.8 Å². The van der Waals surface area contributed by atoms with Crippen molar-refractivity contribution < 1.29 is 14.3 Å². The zero-order chi connectivity index (χ0) is 25.4. The van der Waals surface area contributed by atoms with Gasteiger partial charge >= 0.3 is 6.09 Å². The van der Waals surface area contributed by atoms with Crippen LogP contribution in [0.25, 0.3) is 22.4 Å². The van der Waals surface area contributed by atoms with Crippen LogP contribution in [0.5, 0.6) is 0 Å². The fourth-order valence-electron chi connectivity index (χ4n) is 4.63. The Morgan fingerprint density at radius 1 is 1.19 bits per heavy atom. The van der Waals surface area contributed by atoms with Crippen molar-refractivity contribution in [3.63, 3.8) is 0 Å². The second kappa shape index (κ2) is 9.44. The average molecular weight is 490 g/mol. The molecule has 0 saturated carbocycles. The number of amides is 1. The number of piperazine rings is 1. The van der Waals surface area contributed by atoms with E-state index in [1.54, 1.807) is 18.3 Å². The molecular formula is C26H28FN7O2. The first-order valence-electron chi connectivity index (χ1n) is 11.9. The number of carboxylic acid groups (broad SMARTS) is 1. The van der Waals surface area contributed by atoms with E-state index in [9.17, 15) is 14.3 Å². The van der Waals surface area contributed by atoms with Crippen molar-refractivity contribution >= 4 is 34.3 Å². The molecule has 5 rings (SSSR count). The van der Waals surface area contributed by atoms with E-state index in [-0.39, 0.29) is 17.8 Å². The number of aromatic nitrogens is 4. The maximum Gasteiger partial charge on any atom is 0.407 e. The van der Waals surface area contributed by atoms with Gasteiger partial charge in [-0.2, -0.15) is 0 Å². The molecular weight excluding hydrogens is 461 g/mol. The minimum Gasteiger partial charge on any atom is -0.465 e. The van der Waals surface area contributed by atoms with Crippen molar-refractivity contribution in [3.8, 4) is 11.4 Å². The Bertz CT molecular complexity index is 1400. The second-order valence-electron chi connectivity index (χ2n) is 9.31. The van der Waals surface area contributed by atoms with Gasteiger partial charge in [-0.05, 0) is 43.2 Å². The minimum absolute atomic E-state index is 0.137. The van der Waals surface area contributed by atoms with Gasteiger partial charge in [0.1, 0.15) is 17.3 Å². The van der Waals surface area contributed by atoms with E-state index < -0.39 is 6.09 Å². The lowest BCUT2D eigenvalue weighted by Crippen LogP contribution is -2.53. The van der Waals surface area contributed by atoms with Crippen LogP contribution in [0.2, 0.25) is 0 Å². The van der Waals surface area contributed by atoms with Gasteiger partial charge in [0, 0.05) is 55.4 Å². The Hall–Kier alpha value is -4.21. The highest BCUT2D eigenvalue weighted by atomic mass is 19.1. The maximum absolute atomic E-state index is 13.4. The average Bonchev–Trinajstić information content (AvgIpc) is 3.29. The van der Waals surface area contributed by atoms with Crippen molar-refractivity contribution in [2.24, 2.45) is 0 Å². The van der Waals surface area contributed by atoms with Crippen molar-refractivity contribution in [1.29, 1.82) is 0 Å². The molecule has 0 unspecified atom stereocenters. The predicted octanol–water partition coefficient (Wildman–Crippen LogP) is 5.21. The largest absolute Gasteiger partial charge is 0.465 e. The first-order valence-corrected chi connectivity index (χ1v) is 11.9. The van der Waals surface area contributed by atoms with Gasteiger partial charge in [0.05, 0.1) is 16.8 Å². The molecule has 186 valence electrons. The lowest BCUT2D eigenvalue weighted by molar-refractivity contribution is 0.123. The fourth-order valence-corrected chi connectivity index (χ4v) is 4.63. The van der Waals surface area contributed by atoms with Crippen LogP contribution in [-0.4, -0.2) is 61.7 Å². The van der Waals surface area contributed by atoms with Crippen LogP contribution in [0.15, 0.2) is 48.9 Å². The molecule has 1 aliphatic rings. The number of hydrogen-bond acceptors (Lipinski definition) is 6. The van der Waals surface area contributed by atoms with Gasteiger partial charge in [-0.25, -0.2) is 24.1 Å². The van der Waals surface area contributed by atoms with Crippen molar-refractivity contribution in [2.45, 2.75) is 32.7 Å². The lowest BCUT2D eigenvalue weighted by Gasteiger charge is -2.39. The fraction of sp³-hybridized carbons (Fsp3) is 0.308. The molecule has 1 fully saturated rings. The summed E-state index contributed by atoms with van der Waals surface area (Å²) in [5, 5.41) is 13.9. The first-order chi connectivity index (χ1) is 17.3. The van der Waals surface area contributed by atoms with Crippen LogP contribution in [0, 0.1) is 5.82 Å². The van der Waals surface area contributed by atoms with Gasteiger partial charge < -0.3 is 25.2 Å². The number of anilines is 3. The zero-order valence-electron chi connectivity index (χ0n) is 20.4. The van der Waals surface area contributed by atoms with Gasteiger partial charge in [-0.15, -0.1) is 0 Å². The topological polar surface area (TPSA) is 110 Å². The third-order valence-electron chi connectivity index (χ3n) is 6.56. The highest BCUT2D eigenvalue weighted by Crippen LogP contribution is 2.36. The van der Waals surface area contributed by atoms with E-state index in [1.165, 1.54) is 17.0 Å². The number of rotatable bonds is 5. The van der Waals surface area contributed by atoms with E-state index in [1.807, 2.05) is 25.4 Å². The highest BCUT2D eigenvalue weighted by molar-refractivity contribution is 6.01. The molecule has 36 heavy (non-hydrogen) atoms. The molecule has 3 N–H and O–H groups in total. The van der Waals surface area contributed by atoms with Crippen molar-refractivity contribution in [1.82, 2.24) is 24.8 Å². The summed E-state index contributed by atoms with van der Waals surface area (Å²) >= 11 is 0. The van der Waals surface area contributed by atoms with E-state index in [2.05, 4.69) is 39.0 Å². The summed E-state index contributed by atoms with van der Waals surface area (Å²) in [6, 6.07) is 7.88. The van der Waals surface area contributed by atoms with Crippen LogP contribution >= 0.6 is 0 Å². The number of aromatic amines is 1. The molecule has 10 heteroatoms. The summed E-state index contributed by atoms with van der Waals surface area (Å²) in [6.45, 7) is 7.66. The molecule has 4 heterocycles. The molecule has 1 aliphatic heterocycles. The normalized spacial score (nSPS) is 16.1. The summed E-state index contributed by atoms with van der Waals surface area (Å²) in [5.41, 5.74) is 4.18. The Kier molecular flexibility index (Phi) is 6.17. The van der Waals surface area contributed by atoms with Gasteiger partial charge in [0.25, 0.3) is 0 Å². The number of benzene rings is 1. The number of pyridine rings is 1. The Labute approximate surface area is 208 Å². The number of halogens is 1. The number of nitrogens with zero attached hydrogens (tertiary/aromatic N) is 5. The Morgan fingerprint density at radius 3 is 2.67 bits per heavy atom. The molecule has 1 amide bonds. The van der Waals surface area contributed by atoms with Crippen LogP contribution in [0.3, 0.4) is 0 Å². The summed E-state index contributed by atoms with van der Waals surface area (Å²) < 4.78 is 13.4. The Balaban J connectivity index is 1.53. The summed E-state index contributed by atoms with van der Waals surface area (Å²) in [6.07, 6.45) is 4.56. The number of H-pyrrole nitrogens is 1. The number of hydrogen-bond donors (Lipinski definition) is 3. The molecule has 3 aromatic heterocycles. The molecule has 0 bridgehead atoms. The molecule has 4 aromatic rings. The maximum atomic E-state index is 13.4. The van der Waals surface area contributed by atoms with Crippen LogP contribution in [0.1, 0.15) is 32.3 Å². The van der Waals surface area contributed by atoms with Gasteiger partial charge in [0.15, 0.2) is 5.82 Å². The molecule has 9 nitrogen and oxygen atoms in total. The smallest absolute Gasteiger partial charge is 0.407 e. The number of carbonyl (C=O) groups is 1. The van der Waals surface area contributed by atoms with Gasteiger partial charge in [-0.3, -0.25) is 0 Å². The molecule has 0 spiro atoms. The molecule has 1 saturated heterocycles. The predicted molar refractivity (Wildman–Crippen MR) is 137 cm³/mol. The Morgan fingerprint density at radius 2 is 1.97 bits per heavy atom. The molecule has 0 radical (unpaired) electrons. The molecule has 0 aliphatic carbocycles. The minimum atomic E-state index is -0.896. The lowest BCUT2D eigenvalue weighted by atomic mass is 10.1. The third-order valence-corrected chi connectivity index (χ3v) is 6.56. The standard InChI is InChI=1S/C26H28FN7O2/c1-15(2)19-12-29-23(17-4-6-18(27)7-5-17)32-24(19)31-20-8-9-28-25-22(20)21(13-30-25)33-10-11-34(26(35)36)16(3)14-33/h4-9,12-13,15-16H,10-11,14H2,1-3H3,(H,35,36)(H2,28,29,30,31,32)/t16-/m0/s1. The summed E-state index contributed by atoms with van der Waals surface area (Å²) in [4.78, 5) is 32.2. The monoisotopic (exact) mass is 489 g/mol. The SMILES string of the molecule is CC(C)c1cnc(-c2ccc(F)cc2)nc1Nc1ccnc2[nH]cc(N3CCN(C(=O)O)[C@@H](C)C3)c12. The van der Waals surface area contributed by atoms with Crippen LogP contribution in [-0.2, 0) is 0 Å². The van der Waals surface area contributed by atoms with E-state index in [0.717, 1.165) is 33.5 Å².